The number of hydrogen-bond donors (Lipinski definition) is 0. The lowest BCUT2D eigenvalue weighted by Crippen LogP contribution is -2.53. The van der Waals surface area contributed by atoms with Crippen molar-refractivity contribution in [2.45, 2.75) is 25.1 Å². The third-order valence-electron chi connectivity index (χ3n) is 5.40. The molecule has 26 heavy (non-hydrogen) atoms. The molecule has 1 aromatic rings. The zero-order valence-electron chi connectivity index (χ0n) is 15.2. The van der Waals surface area contributed by atoms with E-state index in [0.29, 0.717) is 11.9 Å². The van der Waals surface area contributed by atoms with E-state index >= 15 is 0 Å². The van der Waals surface area contributed by atoms with E-state index < -0.39 is 11.7 Å². The van der Waals surface area contributed by atoms with Crippen LogP contribution in [-0.2, 0) is 10.9 Å². The summed E-state index contributed by atoms with van der Waals surface area (Å²) in [7, 11) is 1.73. The molecule has 0 atom stereocenters. The van der Waals surface area contributed by atoms with E-state index in [9.17, 15) is 13.2 Å². The van der Waals surface area contributed by atoms with Crippen LogP contribution in [0.25, 0.3) is 0 Å². The van der Waals surface area contributed by atoms with Crippen LogP contribution in [-0.4, -0.2) is 80.4 Å². The number of piperidine rings is 1. The molecular weight excluding hydrogens is 345 g/mol. The molecule has 2 aliphatic heterocycles. The lowest BCUT2D eigenvalue weighted by molar-refractivity contribution is -0.137. The number of ether oxygens (including phenoxy) is 1. The number of nitrogens with zero attached hydrogens (tertiary/aromatic N) is 4. The zero-order valence-corrected chi connectivity index (χ0v) is 15.2. The van der Waals surface area contributed by atoms with Gasteiger partial charge in [0.2, 0.25) is 0 Å². The van der Waals surface area contributed by atoms with Gasteiger partial charge in [0, 0.05) is 52.1 Å². The zero-order chi connectivity index (χ0) is 18.6. The fourth-order valence-electron chi connectivity index (χ4n) is 3.81. The van der Waals surface area contributed by atoms with Crippen LogP contribution in [0.3, 0.4) is 0 Å². The third kappa shape index (κ3) is 4.86. The van der Waals surface area contributed by atoms with Crippen molar-refractivity contribution >= 4 is 5.82 Å². The molecule has 146 valence electrons. The van der Waals surface area contributed by atoms with Gasteiger partial charge < -0.3 is 14.5 Å². The summed E-state index contributed by atoms with van der Waals surface area (Å²) in [6, 6.07) is 2.76. The molecule has 0 amide bonds. The van der Waals surface area contributed by atoms with E-state index in [1.54, 1.807) is 7.11 Å². The van der Waals surface area contributed by atoms with E-state index in [0.717, 1.165) is 77.4 Å². The first kappa shape index (κ1) is 19.4. The van der Waals surface area contributed by atoms with Gasteiger partial charge in [0.25, 0.3) is 0 Å². The van der Waals surface area contributed by atoms with E-state index in [-0.39, 0.29) is 0 Å². The molecule has 0 spiro atoms. The van der Waals surface area contributed by atoms with Gasteiger partial charge in [-0.15, -0.1) is 0 Å². The average molecular weight is 372 g/mol. The summed E-state index contributed by atoms with van der Waals surface area (Å²) in [4.78, 5) is 11.0. The highest BCUT2D eigenvalue weighted by atomic mass is 19.4. The molecule has 0 unspecified atom stereocenters. The minimum atomic E-state index is -4.32. The molecule has 0 N–H and O–H groups in total. The van der Waals surface area contributed by atoms with Gasteiger partial charge in [0.1, 0.15) is 5.82 Å². The largest absolute Gasteiger partial charge is 0.416 e. The fourth-order valence-corrected chi connectivity index (χ4v) is 3.81. The number of likely N-dealkylation sites (tertiary alicyclic amines) is 1. The molecule has 3 rings (SSSR count). The number of aromatic nitrogens is 1. The lowest BCUT2D eigenvalue weighted by atomic mass is 10.0. The second kappa shape index (κ2) is 8.54. The summed E-state index contributed by atoms with van der Waals surface area (Å²) in [5.74, 6) is 0.425. The van der Waals surface area contributed by atoms with Gasteiger partial charge in [-0.2, -0.15) is 13.2 Å². The normalized spacial score (nSPS) is 21.3. The van der Waals surface area contributed by atoms with E-state index in [4.69, 9.17) is 4.74 Å². The van der Waals surface area contributed by atoms with Crippen molar-refractivity contribution in [3.05, 3.63) is 23.9 Å². The molecule has 0 aromatic carbocycles. The van der Waals surface area contributed by atoms with Gasteiger partial charge in [-0.05, 0) is 38.1 Å². The maximum Gasteiger partial charge on any atom is 0.416 e. The van der Waals surface area contributed by atoms with Crippen LogP contribution < -0.4 is 4.90 Å². The van der Waals surface area contributed by atoms with Crippen molar-refractivity contribution in [2.75, 3.05) is 64.4 Å². The van der Waals surface area contributed by atoms with Gasteiger partial charge in [-0.3, -0.25) is 4.90 Å². The molecule has 5 nitrogen and oxygen atoms in total. The maximum atomic E-state index is 12.9. The smallest absolute Gasteiger partial charge is 0.383 e. The quantitative estimate of drug-likeness (QED) is 0.792. The van der Waals surface area contributed by atoms with Crippen molar-refractivity contribution in [3.8, 4) is 0 Å². The number of rotatable bonds is 5. The predicted molar refractivity (Wildman–Crippen MR) is 94.4 cm³/mol. The Morgan fingerprint density at radius 1 is 1.12 bits per heavy atom. The second-order valence-electron chi connectivity index (χ2n) is 6.99. The Morgan fingerprint density at radius 2 is 1.81 bits per heavy atom. The molecule has 3 heterocycles. The van der Waals surface area contributed by atoms with Crippen LogP contribution in [0.1, 0.15) is 18.4 Å². The minimum absolute atomic E-state index is 0.425. The van der Waals surface area contributed by atoms with Crippen LogP contribution in [0.15, 0.2) is 18.3 Å². The minimum Gasteiger partial charge on any atom is -0.383 e. The number of halogens is 3. The first-order chi connectivity index (χ1) is 12.5. The monoisotopic (exact) mass is 372 g/mol. The number of pyridine rings is 1. The topological polar surface area (TPSA) is 31.8 Å². The molecule has 0 bridgehead atoms. The SMILES string of the molecule is COCCN1CCC(N2CCN(c3cc(C(F)(F)F)ccn3)CC2)CC1. The first-order valence-corrected chi connectivity index (χ1v) is 9.21. The Labute approximate surface area is 152 Å². The Bertz CT molecular complexity index is 568. The Morgan fingerprint density at radius 3 is 2.42 bits per heavy atom. The lowest BCUT2D eigenvalue weighted by Gasteiger charge is -2.43. The number of piperazine rings is 1. The first-order valence-electron chi connectivity index (χ1n) is 9.21. The Balaban J connectivity index is 1.49. The molecule has 2 aliphatic rings. The molecule has 0 saturated carbocycles. The van der Waals surface area contributed by atoms with Crippen molar-refractivity contribution in [1.29, 1.82) is 0 Å². The maximum absolute atomic E-state index is 12.9. The van der Waals surface area contributed by atoms with Gasteiger partial charge in [0.05, 0.1) is 12.2 Å². The van der Waals surface area contributed by atoms with Crippen molar-refractivity contribution in [2.24, 2.45) is 0 Å². The van der Waals surface area contributed by atoms with Gasteiger partial charge >= 0.3 is 6.18 Å². The third-order valence-corrected chi connectivity index (χ3v) is 5.40. The summed E-state index contributed by atoms with van der Waals surface area (Å²) in [5, 5.41) is 0. The van der Waals surface area contributed by atoms with Crippen LogP contribution in [0.4, 0.5) is 19.0 Å². The van der Waals surface area contributed by atoms with Gasteiger partial charge in [0.15, 0.2) is 0 Å². The van der Waals surface area contributed by atoms with E-state index in [1.165, 1.54) is 6.20 Å². The van der Waals surface area contributed by atoms with E-state index in [2.05, 4.69) is 14.8 Å². The molecule has 2 fully saturated rings. The highest BCUT2D eigenvalue weighted by Gasteiger charge is 2.32. The summed E-state index contributed by atoms with van der Waals surface area (Å²) in [5.41, 5.74) is -0.631. The van der Waals surface area contributed by atoms with Crippen molar-refractivity contribution in [1.82, 2.24) is 14.8 Å². The van der Waals surface area contributed by atoms with E-state index in [1.807, 2.05) is 4.90 Å². The van der Waals surface area contributed by atoms with Crippen LogP contribution in [0, 0.1) is 0 Å². The molecule has 8 heteroatoms. The van der Waals surface area contributed by atoms with Crippen LogP contribution >= 0.6 is 0 Å². The predicted octanol–water partition coefficient (Wildman–Crippen LogP) is 2.33. The van der Waals surface area contributed by atoms with Crippen molar-refractivity contribution in [3.63, 3.8) is 0 Å². The Hall–Kier alpha value is -1.38. The molecule has 1 aromatic heterocycles. The number of hydrogen-bond acceptors (Lipinski definition) is 5. The summed E-state index contributed by atoms with van der Waals surface area (Å²) in [6.07, 6.45) is -0.784. The number of anilines is 1. The fraction of sp³-hybridized carbons (Fsp3) is 0.722. The highest BCUT2D eigenvalue weighted by Crippen LogP contribution is 2.31. The second-order valence-corrected chi connectivity index (χ2v) is 6.99. The molecule has 0 aliphatic carbocycles. The molecule has 2 saturated heterocycles. The summed E-state index contributed by atoms with van der Waals surface area (Å²) in [6.45, 7) is 7.12. The molecule has 0 radical (unpaired) electrons. The Kier molecular flexibility index (Phi) is 6.37. The van der Waals surface area contributed by atoms with Gasteiger partial charge in [-0.1, -0.05) is 0 Å². The number of methoxy groups -OCH3 is 1. The number of alkyl halides is 3. The van der Waals surface area contributed by atoms with Crippen molar-refractivity contribution < 1.29 is 17.9 Å². The highest BCUT2D eigenvalue weighted by molar-refractivity contribution is 5.42. The molecular formula is C18H27F3N4O. The standard InChI is InChI=1S/C18H27F3N4O/c1-26-13-12-23-6-3-16(4-7-23)24-8-10-25(11-9-24)17-14-15(2-5-22-17)18(19,20)21/h2,5,14,16H,3-4,6-13H2,1H3. The summed E-state index contributed by atoms with van der Waals surface area (Å²) < 4.78 is 43.8. The average Bonchev–Trinajstić information content (AvgIpc) is 2.66. The van der Waals surface area contributed by atoms with Gasteiger partial charge in [-0.25, -0.2) is 4.98 Å². The van der Waals surface area contributed by atoms with Crippen LogP contribution in [0.2, 0.25) is 0 Å². The summed E-state index contributed by atoms with van der Waals surface area (Å²) >= 11 is 0. The van der Waals surface area contributed by atoms with Crippen LogP contribution in [0.5, 0.6) is 0 Å².